The van der Waals surface area contributed by atoms with Gasteiger partial charge in [0.25, 0.3) is 0 Å². The molecule has 2 rings (SSSR count). The Balaban J connectivity index is 2.63. The Kier molecular flexibility index (Phi) is 7.97. The van der Waals surface area contributed by atoms with Crippen LogP contribution in [0.15, 0.2) is 6.07 Å². The van der Waals surface area contributed by atoms with Crippen molar-refractivity contribution < 1.29 is 33.4 Å². The van der Waals surface area contributed by atoms with Gasteiger partial charge >= 0.3 is 0 Å². The fraction of sp³-hybridized carbons (Fsp3) is 0.667. The highest BCUT2D eigenvalue weighted by molar-refractivity contribution is 6.31. The van der Waals surface area contributed by atoms with Gasteiger partial charge in [0.1, 0.15) is 11.6 Å². The lowest BCUT2D eigenvalue weighted by molar-refractivity contribution is -0.484. The SMILES string of the molecule is CCOc1c(C2(C)OCCO2)cc(Cl)c(F)c1C(CC(O)OCC)C[N+](=O)[O-]. The third kappa shape index (κ3) is 5.09. The zero-order chi connectivity index (χ0) is 20.9. The van der Waals surface area contributed by atoms with Crippen LogP contribution in [-0.4, -0.2) is 49.3 Å². The van der Waals surface area contributed by atoms with Gasteiger partial charge in [-0.3, -0.25) is 10.1 Å². The number of nitro groups is 1. The lowest BCUT2D eigenvalue weighted by Crippen LogP contribution is -2.27. The topological polar surface area (TPSA) is 100 Å². The first-order valence-corrected chi connectivity index (χ1v) is 9.45. The average Bonchev–Trinajstić information content (AvgIpc) is 3.05. The molecule has 0 aromatic heterocycles. The smallest absolute Gasteiger partial charge is 0.211 e. The van der Waals surface area contributed by atoms with Gasteiger partial charge in [0.2, 0.25) is 6.54 Å². The summed E-state index contributed by atoms with van der Waals surface area (Å²) in [6.45, 7) is 5.42. The molecular weight excluding hydrogens is 397 g/mol. The Bertz CT molecular complexity index is 697. The number of aliphatic hydroxyl groups is 1. The van der Waals surface area contributed by atoms with E-state index in [4.69, 9.17) is 30.5 Å². The Morgan fingerprint density at radius 3 is 2.57 bits per heavy atom. The van der Waals surface area contributed by atoms with E-state index in [1.54, 1.807) is 20.8 Å². The maximum absolute atomic E-state index is 15.1. The van der Waals surface area contributed by atoms with Gasteiger partial charge in [-0.05, 0) is 26.8 Å². The van der Waals surface area contributed by atoms with Gasteiger partial charge in [-0.1, -0.05) is 11.6 Å². The minimum absolute atomic E-state index is 0.0735. The van der Waals surface area contributed by atoms with Crippen molar-refractivity contribution in [3.05, 3.63) is 38.1 Å². The number of nitrogens with zero attached hydrogens (tertiary/aromatic N) is 1. The Morgan fingerprint density at radius 1 is 1.39 bits per heavy atom. The normalized spacial score (nSPS) is 18.1. The van der Waals surface area contributed by atoms with Gasteiger partial charge in [0, 0.05) is 23.5 Å². The number of hydrogen-bond acceptors (Lipinski definition) is 7. The minimum Gasteiger partial charge on any atom is -0.493 e. The van der Waals surface area contributed by atoms with Crippen LogP contribution in [-0.2, 0) is 20.0 Å². The second kappa shape index (κ2) is 9.80. The molecule has 10 heteroatoms. The molecule has 1 N–H and O–H groups in total. The molecule has 0 spiro atoms. The fourth-order valence-electron chi connectivity index (χ4n) is 3.27. The highest BCUT2D eigenvalue weighted by Gasteiger charge is 2.40. The summed E-state index contributed by atoms with van der Waals surface area (Å²) in [7, 11) is 0. The second-order valence-electron chi connectivity index (χ2n) is 6.40. The highest BCUT2D eigenvalue weighted by atomic mass is 35.5. The van der Waals surface area contributed by atoms with Crippen molar-refractivity contribution in [3.8, 4) is 5.75 Å². The summed E-state index contributed by atoms with van der Waals surface area (Å²) in [5.41, 5.74) is 0.243. The number of ether oxygens (including phenoxy) is 4. The molecule has 0 bridgehead atoms. The largest absolute Gasteiger partial charge is 0.493 e. The summed E-state index contributed by atoms with van der Waals surface area (Å²) in [4.78, 5) is 10.6. The van der Waals surface area contributed by atoms with E-state index in [9.17, 15) is 15.2 Å². The van der Waals surface area contributed by atoms with Crippen LogP contribution in [0, 0.1) is 15.9 Å². The highest BCUT2D eigenvalue weighted by Crippen LogP contribution is 2.45. The Morgan fingerprint density at radius 2 is 2.04 bits per heavy atom. The summed E-state index contributed by atoms with van der Waals surface area (Å²) in [6.07, 6.45) is -1.51. The number of aliphatic hydroxyl groups excluding tert-OH is 1. The molecule has 2 atom stereocenters. The average molecular weight is 422 g/mol. The quantitative estimate of drug-likeness (QED) is 0.351. The van der Waals surface area contributed by atoms with Crippen LogP contribution in [0.1, 0.15) is 44.2 Å². The van der Waals surface area contributed by atoms with E-state index >= 15 is 4.39 Å². The van der Waals surface area contributed by atoms with Crippen molar-refractivity contribution in [2.24, 2.45) is 0 Å². The summed E-state index contributed by atoms with van der Waals surface area (Å²) < 4.78 is 37.1. The van der Waals surface area contributed by atoms with E-state index in [2.05, 4.69) is 0 Å². The van der Waals surface area contributed by atoms with Crippen molar-refractivity contribution in [1.82, 2.24) is 0 Å². The summed E-state index contributed by atoms with van der Waals surface area (Å²) in [5, 5.41) is 21.0. The lowest BCUT2D eigenvalue weighted by atomic mass is 9.90. The van der Waals surface area contributed by atoms with Crippen LogP contribution < -0.4 is 4.74 Å². The second-order valence-corrected chi connectivity index (χ2v) is 6.80. The van der Waals surface area contributed by atoms with E-state index in [1.165, 1.54) is 6.07 Å². The number of benzene rings is 1. The number of rotatable bonds is 10. The van der Waals surface area contributed by atoms with Crippen LogP contribution in [0.2, 0.25) is 5.02 Å². The van der Waals surface area contributed by atoms with E-state index in [-0.39, 0.29) is 36.0 Å². The molecule has 0 saturated carbocycles. The summed E-state index contributed by atoms with van der Waals surface area (Å²) in [6, 6.07) is 1.35. The zero-order valence-electron chi connectivity index (χ0n) is 16.1. The van der Waals surface area contributed by atoms with Gasteiger partial charge in [0.15, 0.2) is 12.1 Å². The predicted molar refractivity (Wildman–Crippen MR) is 98.7 cm³/mol. The molecule has 1 heterocycles. The first kappa shape index (κ1) is 22.8. The Labute approximate surface area is 167 Å². The van der Waals surface area contributed by atoms with Crippen molar-refractivity contribution in [1.29, 1.82) is 0 Å². The molecule has 0 amide bonds. The molecule has 0 aliphatic carbocycles. The third-order valence-electron chi connectivity index (χ3n) is 4.45. The molecule has 1 fully saturated rings. The lowest BCUT2D eigenvalue weighted by Gasteiger charge is -2.29. The molecule has 28 heavy (non-hydrogen) atoms. The van der Waals surface area contributed by atoms with Crippen molar-refractivity contribution in [2.75, 3.05) is 33.0 Å². The van der Waals surface area contributed by atoms with Crippen LogP contribution in [0.25, 0.3) is 0 Å². The molecular formula is C18H25ClFNO7. The molecule has 1 aromatic carbocycles. The molecule has 8 nitrogen and oxygen atoms in total. The predicted octanol–water partition coefficient (Wildman–Crippen LogP) is 3.20. The molecule has 1 aliphatic rings. The summed E-state index contributed by atoms with van der Waals surface area (Å²) >= 11 is 6.10. The molecule has 0 radical (unpaired) electrons. The molecule has 1 saturated heterocycles. The number of hydrogen-bond donors (Lipinski definition) is 1. The number of halogens is 2. The van der Waals surface area contributed by atoms with E-state index in [0.29, 0.717) is 18.8 Å². The summed E-state index contributed by atoms with van der Waals surface area (Å²) in [5.74, 6) is -3.04. The van der Waals surface area contributed by atoms with Gasteiger partial charge < -0.3 is 24.1 Å². The third-order valence-corrected chi connectivity index (χ3v) is 4.72. The van der Waals surface area contributed by atoms with E-state index < -0.39 is 35.3 Å². The minimum atomic E-state index is -1.30. The molecule has 2 unspecified atom stereocenters. The molecule has 158 valence electrons. The maximum atomic E-state index is 15.1. The van der Waals surface area contributed by atoms with Crippen molar-refractivity contribution in [3.63, 3.8) is 0 Å². The van der Waals surface area contributed by atoms with Crippen LogP contribution >= 0.6 is 11.6 Å². The monoisotopic (exact) mass is 421 g/mol. The molecule has 1 aromatic rings. The van der Waals surface area contributed by atoms with Gasteiger partial charge in [-0.2, -0.15) is 0 Å². The van der Waals surface area contributed by atoms with Gasteiger partial charge in [-0.25, -0.2) is 4.39 Å². The van der Waals surface area contributed by atoms with E-state index in [0.717, 1.165) is 0 Å². The van der Waals surface area contributed by atoms with E-state index in [1.807, 2.05) is 0 Å². The first-order valence-electron chi connectivity index (χ1n) is 9.08. The van der Waals surface area contributed by atoms with Crippen molar-refractivity contribution in [2.45, 2.75) is 45.2 Å². The van der Waals surface area contributed by atoms with Gasteiger partial charge in [-0.15, -0.1) is 0 Å². The van der Waals surface area contributed by atoms with Crippen LogP contribution in [0.4, 0.5) is 4.39 Å². The van der Waals surface area contributed by atoms with Crippen molar-refractivity contribution >= 4 is 11.6 Å². The van der Waals surface area contributed by atoms with Crippen LogP contribution in [0.3, 0.4) is 0 Å². The van der Waals surface area contributed by atoms with Gasteiger partial charge in [0.05, 0.1) is 36.3 Å². The zero-order valence-corrected chi connectivity index (χ0v) is 16.8. The molecule has 1 aliphatic heterocycles. The van der Waals surface area contributed by atoms with Crippen LogP contribution in [0.5, 0.6) is 5.75 Å². The Hall–Kier alpha value is -1.52. The first-order chi connectivity index (χ1) is 13.2. The standard InChI is InChI=1S/C18H25ClFNO7/c1-4-25-14(22)8-11(10-21(23)24)15-16(20)13(19)9-12(17(15)26-5-2)18(3)27-6-7-28-18/h9,11,14,22H,4-8,10H2,1-3H3. The fourth-order valence-corrected chi connectivity index (χ4v) is 3.48. The maximum Gasteiger partial charge on any atom is 0.211 e.